The first kappa shape index (κ1) is 19.9. The summed E-state index contributed by atoms with van der Waals surface area (Å²) in [7, 11) is 0. The van der Waals surface area contributed by atoms with Crippen molar-refractivity contribution in [3.63, 3.8) is 0 Å². The Morgan fingerprint density at radius 3 is 2.60 bits per heavy atom. The molecule has 0 bridgehead atoms. The van der Waals surface area contributed by atoms with Crippen LogP contribution in [-0.4, -0.2) is 25.6 Å². The Morgan fingerprint density at radius 2 is 1.87 bits per heavy atom. The first-order valence-electron chi connectivity index (χ1n) is 10.3. The quantitative estimate of drug-likeness (QED) is 0.481. The zero-order valence-corrected chi connectivity index (χ0v) is 18.7. The van der Waals surface area contributed by atoms with Gasteiger partial charge in [0.05, 0.1) is 28.5 Å². The Kier molecular flexibility index (Phi) is 5.44. The van der Waals surface area contributed by atoms with Gasteiger partial charge in [0.2, 0.25) is 0 Å². The molecule has 1 aliphatic heterocycles. The average molecular weight is 457 g/mol. The Balaban J connectivity index is 1.63. The van der Waals surface area contributed by atoms with Gasteiger partial charge in [-0.1, -0.05) is 42.1 Å². The van der Waals surface area contributed by atoms with Crippen LogP contribution in [0.25, 0.3) is 5.69 Å². The highest BCUT2D eigenvalue weighted by molar-refractivity contribution is 7.80. The van der Waals surface area contributed by atoms with Crippen LogP contribution in [0.1, 0.15) is 49.2 Å². The molecule has 5 rings (SSSR count). The number of benzene rings is 1. The minimum atomic E-state index is -0.0287. The monoisotopic (exact) mass is 456 g/mol. The van der Waals surface area contributed by atoms with Crippen LogP contribution in [0.15, 0.2) is 60.9 Å². The van der Waals surface area contributed by atoms with Crippen molar-refractivity contribution in [3.05, 3.63) is 82.4 Å². The third-order valence-corrected chi connectivity index (χ3v) is 6.97. The lowest BCUT2D eigenvalue weighted by molar-refractivity contribution is 0.239. The summed E-state index contributed by atoms with van der Waals surface area (Å²) in [6.07, 6.45) is 8.70. The number of hydrogen-bond donors (Lipinski definition) is 1. The fourth-order valence-corrected chi connectivity index (χ4v) is 5.68. The third-order valence-electron chi connectivity index (χ3n) is 6.11. The maximum absolute atomic E-state index is 6.57. The molecule has 0 spiro atoms. The third kappa shape index (κ3) is 3.49. The fraction of sp³-hybridized carbons (Fsp3) is 0.304. The normalized spacial score (nSPS) is 21.9. The summed E-state index contributed by atoms with van der Waals surface area (Å²) in [6, 6.07) is 16.3. The molecular weight excluding hydrogens is 435 g/mol. The standard InChI is InChI=1S/C23H22Cl2N4S/c24-15-10-11-19(17(25)14-15)28-13-5-9-20(28)22-21(18-8-3-4-12-26-18)27-23(30)29(22)16-6-1-2-7-16/h3-5,8-14,16,21-22H,1-2,6-7H2,(H,27,30)/t21-,22-/m0/s1. The molecule has 2 fully saturated rings. The summed E-state index contributed by atoms with van der Waals surface area (Å²) in [5.41, 5.74) is 3.03. The van der Waals surface area contributed by atoms with E-state index in [9.17, 15) is 0 Å². The number of pyridine rings is 1. The summed E-state index contributed by atoms with van der Waals surface area (Å²) in [4.78, 5) is 7.05. The van der Waals surface area contributed by atoms with Crippen LogP contribution in [0.4, 0.5) is 0 Å². The largest absolute Gasteiger partial charge is 0.352 e. The second-order valence-corrected chi connectivity index (χ2v) is 9.10. The molecular formula is C23H22Cl2N4S. The van der Waals surface area contributed by atoms with E-state index < -0.39 is 0 Å². The second kappa shape index (κ2) is 8.22. The molecule has 1 saturated heterocycles. The maximum Gasteiger partial charge on any atom is 0.170 e. The van der Waals surface area contributed by atoms with Gasteiger partial charge in [-0.25, -0.2) is 0 Å². The van der Waals surface area contributed by atoms with Gasteiger partial charge in [-0.05, 0) is 67.5 Å². The lowest BCUT2D eigenvalue weighted by Gasteiger charge is -2.33. The number of thiocarbonyl (C=S) groups is 1. The summed E-state index contributed by atoms with van der Waals surface area (Å²) >= 11 is 18.6. The van der Waals surface area contributed by atoms with Crippen molar-refractivity contribution in [1.82, 2.24) is 19.8 Å². The van der Waals surface area contributed by atoms with Gasteiger partial charge in [0, 0.05) is 29.2 Å². The van der Waals surface area contributed by atoms with Crippen molar-refractivity contribution >= 4 is 40.5 Å². The van der Waals surface area contributed by atoms with Crippen molar-refractivity contribution in [2.75, 3.05) is 0 Å². The van der Waals surface area contributed by atoms with Crippen LogP contribution < -0.4 is 5.32 Å². The van der Waals surface area contributed by atoms with Crippen LogP contribution >= 0.6 is 35.4 Å². The van der Waals surface area contributed by atoms with E-state index in [1.807, 2.05) is 36.7 Å². The molecule has 2 aromatic heterocycles. The van der Waals surface area contributed by atoms with E-state index in [-0.39, 0.29) is 12.1 Å². The Labute approximate surface area is 191 Å². The van der Waals surface area contributed by atoms with E-state index in [2.05, 4.69) is 38.0 Å². The van der Waals surface area contributed by atoms with Crippen molar-refractivity contribution < 1.29 is 0 Å². The van der Waals surface area contributed by atoms with E-state index in [1.165, 1.54) is 12.8 Å². The predicted molar refractivity (Wildman–Crippen MR) is 125 cm³/mol. The van der Waals surface area contributed by atoms with Crippen LogP contribution in [0.5, 0.6) is 0 Å². The molecule has 1 N–H and O–H groups in total. The highest BCUT2D eigenvalue weighted by Crippen LogP contribution is 2.43. The smallest absolute Gasteiger partial charge is 0.170 e. The van der Waals surface area contributed by atoms with Gasteiger partial charge in [0.15, 0.2) is 5.11 Å². The lowest BCUT2D eigenvalue weighted by atomic mass is 9.99. The molecule has 0 radical (unpaired) electrons. The van der Waals surface area contributed by atoms with Gasteiger partial charge < -0.3 is 14.8 Å². The van der Waals surface area contributed by atoms with Crippen LogP contribution in [0.3, 0.4) is 0 Å². The van der Waals surface area contributed by atoms with Crippen LogP contribution in [0.2, 0.25) is 10.0 Å². The summed E-state index contributed by atoms with van der Waals surface area (Å²) in [5, 5.41) is 5.61. The Hall–Kier alpha value is -2.08. The van der Waals surface area contributed by atoms with Crippen LogP contribution in [0, 0.1) is 0 Å². The maximum atomic E-state index is 6.57. The first-order chi connectivity index (χ1) is 14.6. The highest BCUT2D eigenvalue weighted by atomic mass is 35.5. The molecule has 30 heavy (non-hydrogen) atoms. The summed E-state index contributed by atoms with van der Waals surface area (Å²) < 4.78 is 2.15. The zero-order valence-electron chi connectivity index (χ0n) is 16.3. The van der Waals surface area contributed by atoms with Gasteiger partial charge in [-0.3, -0.25) is 4.98 Å². The molecule has 0 unspecified atom stereocenters. The molecule has 3 heterocycles. The van der Waals surface area contributed by atoms with E-state index >= 15 is 0 Å². The number of nitrogens with zero attached hydrogens (tertiary/aromatic N) is 3. The van der Waals surface area contributed by atoms with Crippen molar-refractivity contribution in [2.24, 2.45) is 0 Å². The van der Waals surface area contributed by atoms with E-state index in [4.69, 9.17) is 35.4 Å². The second-order valence-electron chi connectivity index (χ2n) is 7.87. The number of hydrogen-bond acceptors (Lipinski definition) is 2. The van der Waals surface area contributed by atoms with Crippen LogP contribution in [-0.2, 0) is 0 Å². The molecule has 2 atom stereocenters. The number of halogens is 2. The minimum Gasteiger partial charge on any atom is -0.352 e. The fourth-order valence-electron chi connectivity index (χ4n) is 4.79. The van der Waals surface area contributed by atoms with E-state index in [0.29, 0.717) is 16.1 Å². The lowest BCUT2D eigenvalue weighted by Crippen LogP contribution is -2.38. The van der Waals surface area contributed by atoms with Gasteiger partial charge in [0.1, 0.15) is 0 Å². The Morgan fingerprint density at radius 1 is 1.03 bits per heavy atom. The highest BCUT2D eigenvalue weighted by Gasteiger charge is 2.44. The molecule has 2 aliphatic rings. The van der Waals surface area contributed by atoms with Gasteiger partial charge in [-0.15, -0.1) is 0 Å². The van der Waals surface area contributed by atoms with Gasteiger partial charge in [-0.2, -0.15) is 0 Å². The van der Waals surface area contributed by atoms with Gasteiger partial charge in [0.25, 0.3) is 0 Å². The van der Waals surface area contributed by atoms with E-state index in [0.717, 1.165) is 35.0 Å². The molecule has 0 amide bonds. The van der Waals surface area contributed by atoms with E-state index in [1.54, 1.807) is 6.07 Å². The number of rotatable bonds is 4. The number of aromatic nitrogens is 2. The Bertz CT molecular complexity index is 1060. The zero-order chi connectivity index (χ0) is 20.7. The molecule has 154 valence electrons. The van der Waals surface area contributed by atoms with Crippen molar-refractivity contribution in [1.29, 1.82) is 0 Å². The molecule has 1 saturated carbocycles. The predicted octanol–water partition coefficient (Wildman–Crippen LogP) is 6.09. The SMILES string of the molecule is S=C1N[C@@H](c2ccccn2)[C@H](c2cccn2-c2ccc(Cl)cc2Cl)N1C1CCCC1. The summed E-state index contributed by atoms with van der Waals surface area (Å²) in [5.74, 6) is 0. The molecule has 1 aromatic carbocycles. The van der Waals surface area contributed by atoms with Gasteiger partial charge >= 0.3 is 0 Å². The van der Waals surface area contributed by atoms with Crippen molar-refractivity contribution in [3.8, 4) is 5.69 Å². The minimum absolute atomic E-state index is 0.0252. The molecule has 4 nitrogen and oxygen atoms in total. The first-order valence-corrected chi connectivity index (χ1v) is 11.4. The number of nitrogens with one attached hydrogen (secondary N) is 1. The summed E-state index contributed by atoms with van der Waals surface area (Å²) in [6.45, 7) is 0. The topological polar surface area (TPSA) is 33.1 Å². The average Bonchev–Trinajstić information content (AvgIpc) is 3.48. The van der Waals surface area contributed by atoms with Crippen molar-refractivity contribution in [2.45, 2.75) is 43.8 Å². The molecule has 1 aliphatic carbocycles. The molecule has 7 heteroatoms. The molecule has 3 aromatic rings.